The van der Waals surface area contributed by atoms with Gasteiger partial charge < -0.3 is 20.1 Å². The van der Waals surface area contributed by atoms with Crippen molar-refractivity contribution in [3.63, 3.8) is 0 Å². The number of carbonyl (C=O) groups excluding carboxylic acids is 3. The third-order valence-corrected chi connectivity index (χ3v) is 9.19. The summed E-state index contributed by atoms with van der Waals surface area (Å²) in [6.45, 7) is 6.15. The fraction of sp³-hybridized carbons (Fsp3) is 0.323. The van der Waals surface area contributed by atoms with Crippen LogP contribution in [0.5, 0.6) is 5.75 Å². The van der Waals surface area contributed by atoms with Crippen LogP contribution in [0.3, 0.4) is 0 Å². The van der Waals surface area contributed by atoms with E-state index < -0.39 is 5.97 Å². The lowest BCUT2D eigenvalue weighted by Crippen LogP contribution is -2.24. The van der Waals surface area contributed by atoms with Gasteiger partial charge in [-0.25, -0.2) is 4.79 Å². The van der Waals surface area contributed by atoms with Crippen molar-refractivity contribution >= 4 is 45.9 Å². The summed E-state index contributed by atoms with van der Waals surface area (Å²) in [5.41, 5.74) is 4.86. The minimum absolute atomic E-state index is 0.0477. The topological polar surface area (TPSA) is 124 Å². The number of rotatable bonds is 11. The number of nitrogens with zero attached hydrogens (tertiary/aromatic N) is 3. The molecule has 0 unspecified atom stereocenters. The van der Waals surface area contributed by atoms with Crippen molar-refractivity contribution in [1.82, 2.24) is 20.1 Å². The molecule has 0 aliphatic heterocycles. The summed E-state index contributed by atoms with van der Waals surface area (Å²) in [7, 11) is 1.57. The van der Waals surface area contributed by atoms with Gasteiger partial charge in [-0.1, -0.05) is 23.9 Å². The van der Waals surface area contributed by atoms with Crippen LogP contribution in [0.4, 0.5) is 5.00 Å². The molecule has 2 N–H and O–H groups in total. The molecule has 2 amide bonds. The number of amides is 2. The summed E-state index contributed by atoms with van der Waals surface area (Å²) in [6.07, 6.45) is 2.70. The van der Waals surface area contributed by atoms with Crippen molar-refractivity contribution in [2.75, 3.05) is 24.8 Å². The molecule has 0 atom stereocenters. The van der Waals surface area contributed by atoms with Crippen molar-refractivity contribution in [2.45, 2.75) is 51.7 Å². The number of carbonyl (C=O) groups is 3. The Bertz CT molecular complexity index is 1660. The van der Waals surface area contributed by atoms with E-state index >= 15 is 0 Å². The number of esters is 1. The van der Waals surface area contributed by atoms with E-state index in [2.05, 4.69) is 20.8 Å². The van der Waals surface area contributed by atoms with E-state index in [1.54, 1.807) is 38.3 Å². The van der Waals surface area contributed by atoms with Crippen molar-refractivity contribution < 1.29 is 23.9 Å². The van der Waals surface area contributed by atoms with E-state index in [-0.39, 0.29) is 30.7 Å². The van der Waals surface area contributed by atoms with Gasteiger partial charge in [-0.2, -0.15) is 0 Å². The number of thioether (sulfide) groups is 1. The third kappa shape index (κ3) is 6.75. The molecule has 2 aromatic carbocycles. The van der Waals surface area contributed by atoms with Crippen molar-refractivity contribution in [3.8, 4) is 11.4 Å². The zero-order valence-electron chi connectivity index (χ0n) is 24.5. The van der Waals surface area contributed by atoms with E-state index in [9.17, 15) is 14.4 Å². The molecular formula is C31H33N5O5S2. The lowest BCUT2D eigenvalue weighted by atomic mass is 10.1. The highest BCUT2D eigenvalue weighted by atomic mass is 32.2. The number of aryl methyl sites for hydroxylation is 3. The average Bonchev–Trinajstić information content (AvgIpc) is 3.71. The second-order valence-corrected chi connectivity index (χ2v) is 12.1. The van der Waals surface area contributed by atoms with Gasteiger partial charge in [-0.15, -0.1) is 21.5 Å². The van der Waals surface area contributed by atoms with E-state index in [4.69, 9.17) is 9.47 Å². The molecule has 2 aromatic heterocycles. The normalized spacial score (nSPS) is 12.1. The number of hydrogen-bond donors (Lipinski definition) is 2. The molecule has 0 saturated carbocycles. The number of aromatic nitrogens is 3. The Morgan fingerprint density at radius 3 is 2.60 bits per heavy atom. The summed E-state index contributed by atoms with van der Waals surface area (Å²) < 4.78 is 12.3. The molecule has 0 fully saturated rings. The van der Waals surface area contributed by atoms with Gasteiger partial charge >= 0.3 is 5.97 Å². The highest BCUT2D eigenvalue weighted by Crippen LogP contribution is 2.39. The Hall–Kier alpha value is -4.16. The SMILES string of the molecule is CCOC(=O)c1c(NC(=O)CSc2nnc(CNC(=O)c3ccc(OC)cc3)n2-c2cc(C)ccc2C)sc2c1CCC2. The van der Waals surface area contributed by atoms with Crippen LogP contribution in [0.1, 0.15) is 61.5 Å². The summed E-state index contributed by atoms with van der Waals surface area (Å²) in [6, 6.07) is 12.9. The Kier molecular flexibility index (Phi) is 9.46. The van der Waals surface area contributed by atoms with Gasteiger partial charge in [0.2, 0.25) is 5.91 Å². The highest BCUT2D eigenvalue weighted by molar-refractivity contribution is 7.99. The second-order valence-electron chi connectivity index (χ2n) is 10.1. The Morgan fingerprint density at radius 1 is 1.07 bits per heavy atom. The van der Waals surface area contributed by atoms with Crippen LogP contribution in [-0.4, -0.2) is 52.0 Å². The minimum Gasteiger partial charge on any atom is -0.497 e. The Morgan fingerprint density at radius 2 is 1.86 bits per heavy atom. The van der Waals surface area contributed by atoms with Gasteiger partial charge in [0.15, 0.2) is 11.0 Å². The molecule has 224 valence electrons. The first-order valence-corrected chi connectivity index (χ1v) is 15.8. The standard InChI is InChI=1S/C31H33N5O5S2/c1-5-41-30(39)27-22-7-6-8-24(22)43-29(27)33-26(37)17-42-31-35-34-25(36(31)23-15-18(2)9-10-19(23)3)16-32-28(38)20-11-13-21(40-4)14-12-20/h9-15H,5-8,16-17H2,1-4H3,(H,32,38)(H,33,37). The lowest BCUT2D eigenvalue weighted by molar-refractivity contribution is -0.113. The van der Waals surface area contributed by atoms with Gasteiger partial charge in [0.1, 0.15) is 10.8 Å². The van der Waals surface area contributed by atoms with Crippen LogP contribution in [-0.2, 0) is 28.9 Å². The fourth-order valence-electron chi connectivity index (χ4n) is 4.92. The number of fused-ring (bicyclic) bond motifs is 1. The smallest absolute Gasteiger partial charge is 0.341 e. The zero-order valence-corrected chi connectivity index (χ0v) is 26.1. The second kappa shape index (κ2) is 13.4. The summed E-state index contributed by atoms with van der Waals surface area (Å²) in [5.74, 6) is 0.314. The van der Waals surface area contributed by atoms with Crippen LogP contribution >= 0.6 is 23.1 Å². The average molecular weight is 620 g/mol. The van der Waals surface area contributed by atoms with E-state index in [0.29, 0.717) is 32.9 Å². The molecule has 0 radical (unpaired) electrons. The van der Waals surface area contributed by atoms with Crippen molar-refractivity contribution in [3.05, 3.63) is 81.0 Å². The number of nitrogens with one attached hydrogen (secondary N) is 2. The largest absolute Gasteiger partial charge is 0.497 e. The van der Waals surface area contributed by atoms with Crippen LogP contribution < -0.4 is 15.4 Å². The molecule has 43 heavy (non-hydrogen) atoms. The summed E-state index contributed by atoms with van der Waals surface area (Å²) >= 11 is 2.68. The predicted octanol–water partition coefficient (Wildman–Crippen LogP) is 5.28. The van der Waals surface area contributed by atoms with Crippen molar-refractivity contribution in [2.24, 2.45) is 0 Å². The number of hydrogen-bond acceptors (Lipinski definition) is 9. The van der Waals surface area contributed by atoms with Crippen LogP contribution in [0.15, 0.2) is 47.6 Å². The molecule has 1 aliphatic rings. The number of ether oxygens (including phenoxy) is 2. The predicted molar refractivity (Wildman–Crippen MR) is 167 cm³/mol. The zero-order chi connectivity index (χ0) is 30.5. The molecule has 0 spiro atoms. The maximum atomic E-state index is 13.1. The molecule has 4 aromatic rings. The first-order valence-electron chi connectivity index (χ1n) is 14.0. The molecule has 2 heterocycles. The van der Waals surface area contributed by atoms with E-state index in [1.165, 1.54) is 23.1 Å². The third-order valence-electron chi connectivity index (χ3n) is 7.05. The van der Waals surface area contributed by atoms with Gasteiger partial charge in [0.25, 0.3) is 5.91 Å². The molecule has 10 nitrogen and oxygen atoms in total. The monoisotopic (exact) mass is 619 g/mol. The number of anilines is 1. The summed E-state index contributed by atoms with van der Waals surface area (Å²) in [4.78, 5) is 39.8. The number of methoxy groups -OCH3 is 1. The number of thiophene rings is 1. The van der Waals surface area contributed by atoms with Crippen LogP contribution in [0, 0.1) is 13.8 Å². The first kappa shape index (κ1) is 30.3. The maximum Gasteiger partial charge on any atom is 0.341 e. The van der Waals surface area contributed by atoms with Crippen LogP contribution in [0.25, 0.3) is 5.69 Å². The minimum atomic E-state index is -0.402. The molecule has 5 rings (SSSR count). The Labute approximate surface area is 258 Å². The van der Waals surface area contributed by atoms with Crippen LogP contribution in [0.2, 0.25) is 0 Å². The molecule has 0 saturated heterocycles. The fourth-order valence-corrected chi connectivity index (χ4v) is 6.98. The van der Waals surface area contributed by atoms with Gasteiger partial charge in [-0.3, -0.25) is 14.2 Å². The van der Waals surface area contributed by atoms with Gasteiger partial charge in [-0.05, 0) is 87.1 Å². The molecule has 12 heteroatoms. The molecule has 1 aliphatic carbocycles. The van der Waals surface area contributed by atoms with E-state index in [1.807, 2.05) is 36.6 Å². The molecular weight excluding hydrogens is 587 g/mol. The highest BCUT2D eigenvalue weighted by Gasteiger charge is 2.28. The van der Waals surface area contributed by atoms with Crippen molar-refractivity contribution in [1.29, 1.82) is 0 Å². The van der Waals surface area contributed by atoms with Gasteiger partial charge in [0, 0.05) is 10.4 Å². The van der Waals surface area contributed by atoms with Gasteiger partial charge in [0.05, 0.1) is 37.3 Å². The maximum absolute atomic E-state index is 13.1. The Balaban J connectivity index is 1.34. The lowest BCUT2D eigenvalue weighted by Gasteiger charge is -2.14. The molecule has 0 bridgehead atoms. The van der Waals surface area contributed by atoms with E-state index in [0.717, 1.165) is 46.5 Å². The first-order chi connectivity index (χ1) is 20.8. The number of benzene rings is 2. The quantitative estimate of drug-likeness (QED) is 0.172. The summed E-state index contributed by atoms with van der Waals surface area (Å²) in [5, 5.41) is 15.7.